The molecule has 1 atom stereocenters. The highest BCUT2D eigenvalue weighted by atomic mass is 32.2. The molecule has 0 bridgehead atoms. The lowest BCUT2D eigenvalue weighted by atomic mass is 9.98. The average molecular weight is 370 g/mol. The molecule has 1 fully saturated rings. The van der Waals surface area contributed by atoms with Crippen LogP contribution in [0.25, 0.3) is 0 Å². The summed E-state index contributed by atoms with van der Waals surface area (Å²) >= 11 is 0. The number of para-hydroxylation sites is 1. The van der Waals surface area contributed by atoms with Crippen LogP contribution in [-0.2, 0) is 26.0 Å². The number of sulfonamides is 1. The molecule has 1 unspecified atom stereocenters. The second-order valence-corrected chi connectivity index (χ2v) is 7.95. The van der Waals surface area contributed by atoms with E-state index < -0.39 is 27.8 Å². The molecule has 1 aromatic carbocycles. The fourth-order valence-electron chi connectivity index (χ4n) is 2.71. The number of nitrogens with zero attached hydrogens (tertiary/aromatic N) is 1. The zero-order valence-corrected chi connectivity index (χ0v) is 14.8. The molecule has 2 rings (SSSR count). The summed E-state index contributed by atoms with van der Waals surface area (Å²) < 4.78 is 29.7. The maximum Gasteiger partial charge on any atom is 0.308 e. The van der Waals surface area contributed by atoms with E-state index >= 15 is 0 Å². The number of rotatable bonds is 8. The lowest BCUT2D eigenvalue weighted by molar-refractivity contribution is -0.141. The van der Waals surface area contributed by atoms with Crippen molar-refractivity contribution in [1.29, 1.82) is 0 Å². The zero-order chi connectivity index (χ0) is 18.4. The molecule has 2 N–H and O–H groups in total. The second kappa shape index (κ2) is 8.30. The van der Waals surface area contributed by atoms with Crippen LogP contribution in [0.4, 0.5) is 0 Å². The van der Waals surface area contributed by atoms with Crippen LogP contribution >= 0.6 is 0 Å². The number of hydrogen-bond donors (Lipinski definition) is 2. The van der Waals surface area contributed by atoms with Gasteiger partial charge in [-0.15, -0.1) is 0 Å². The molecule has 8 nitrogen and oxygen atoms in total. The average Bonchev–Trinajstić information content (AvgIpc) is 2.89. The van der Waals surface area contributed by atoms with Crippen molar-refractivity contribution in [2.24, 2.45) is 5.92 Å². The summed E-state index contributed by atoms with van der Waals surface area (Å²) in [4.78, 5) is 23.4. The standard InChI is InChI=1S/C16H22N2O6S/c1-24-14-6-3-2-5-12(14)9-13(16(20)21)10-17-15(19)11-18-7-4-8-25(18,22)23/h2-3,5-6,13H,4,7-11H2,1H3,(H,17,19)(H,20,21). The minimum atomic E-state index is -3.35. The van der Waals surface area contributed by atoms with Gasteiger partial charge in [0.05, 0.1) is 25.3 Å². The zero-order valence-electron chi connectivity index (χ0n) is 14.0. The number of benzene rings is 1. The number of aliphatic carboxylic acids is 1. The van der Waals surface area contributed by atoms with Gasteiger partial charge in [-0.05, 0) is 24.5 Å². The van der Waals surface area contributed by atoms with E-state index in [-0.39, 0.29) is 25.3 Å². The van der Waals surface area contributed by atoms with Crippen LogP contribution in [0.15, 0.2) is 24.3 Å². The molecule has 0 aliphatic carbocycles. The highest BCUT2D eigenvalue weighted by molar-refractivity contribution is 7.89. The maximum atomic E-state index is 12.0. The first kappa shape index (κ1) is 19.2. The minimum absolute atomic E-state index is 0.0475. The van der Waals surface area contributed by atoms with Gasteiger partial charge in [0, 0.05) is 13.1 Å². The van der Waals surface area contributed by atoms with E-state index in [1.807, 2.05) is 0 Å². The quantitative estimate of drug-likeness (QED) is 0.671. The summed E-state index contributed by atoms with van der Waals surface area (Å²) in [6.07, 6.45) is 0.697. The third kappa shape index (κ3) is 5.17. The topological polar surface area (TPSA) is 113 Å². The lowest BCUT2D eigenvalue weighted by Gasteiger charge is -2.17. The molecule has 1 aliphatic heterocycles. The molecule has 0 aromatic heterocycles. The van der Waals surface area contributed by atoms with Gasteiger partial charge >= 0.3 is 5.97 Å². The van der Waals surface area contributed by atoms with Crippen LogP contribution in [0.2, 0.25) is 0 Å². The Morgan fingerprint density at radius 3 is 2.68 bits per heavy atom. The minimum Gasteiger partial charge on any atom is -0.496 e. The van der Waals surface area contributed by atoms with Gasteiger partial charge in [0.1, 0.15) is 5.75 Å². The van der Waals surface area contributed by atoms with E-state index in [4.69, 9.17) is 4.74 Å². The molecule has 1 amide bonds. The van der Waals surface area contributed by atoms with Crippen molar-refractivity contribution < 1.29 is 27.9 Å². The Kier molecular flexibility index (Phi) is 6.38. The highest BCUT2D eigenvalue weighted by Crippen LogP contribution is 2.21. The van der Waals surface area contributed by atoms with Gasteiger partial charge in [-0.1, -0.05) is 18.2 Å². The number of carboxylic acids is 1. The first-order chi connectivity index (χ1) is 11.8. The normalized spacial score (nSPS) is 17.8. The fourth-order valence-corrected chi connectivity index (χ4v) is 4.18. The molecule has 1 aliphatic rings. The summed E-state index contributed by atoms with van der Waals surface area (Å²) in [6.45, 7) is -0.0389. The van der Waals surface area contributed by atoms with E-state index in [0.717, 1.165) is 9.87 Å². The summed E-state index contributed by atoms with van der Waals surface area (Å²) in [7, 11) is -1.85. The van der Waals surface area contributed by atoms with E-state index in [1.54, 1.807) is 24.3 Å². The Bertz CT molecular complexity index is 734. The second-order valence-electron chi connectivity index (χ2n) is 5.86. The van der Waals surface area contributed by atoms with E-state index in [2.05, 4.69) is 5.32 Å². The molecule has 25 heavy (non-hydrogen) atoms. The molecular formula is C16H22N2O6S. The Morgan fingerprint density at radius 1 is 1.36 bits per heavy atom. The summed E-state index contributed by atoms with van der Waals surface area (Å²) in [5, 5.41) is 11.9. The van der Waals surface area contributed by atoms with Crippen molar-refractivity contribution in [2.75, 3.05) is 32.5 Å². The molecule has 1 saturated heterocycles. The van der Waals surface area contributed by atoms with Gasteiger partial charge < -0.3 is 15.2 Å². The van der Waals surface area contributed by atoms with E-state index in [9.17, 15) is 23.1 Å². The van der Waals surface area contributed by atoms with Crippen LogP contribution < -0.4 is 10.1 Å². The van der Waals surface area contributed by atoms with Crippen molar-refractivity contribution in [1.82, 2.24) is 9.62 Å². The number of amides is 1. The van der Waals surface area contributed by atoms with Gasteiger partial charge in [0.25, 0.3) is 0 Å². The molecule has 138 valence electrons. The first-order valence-corrected chi connectivity index (χ1v) is 9.53. The van der Waals surface area contributed by atoms with Gasteiger partial charge in [-0.2, -0.15) is 4.31 Å². The van der Waals surface area contributed by atoms with Crippen LogP contribution in [0.1, 0.15) is 12.0 Å². The number of nitrogens with one attached hydrogen (secondary N) is 1. The number of ether oxygens (including phenoxy) is 1. The molecule has 1 heterocycles. The van der Waals surface area contributed by atoms with Crippen LogP contribution in [-0.4, -0.2) is 62.2 Å². The Labute approximate surface area is 146 Å². The third-order valence-electron chi connectivity index (χ3n) is 4.08. The SMILES string of the molecule is COc1ccccc1CC(CNC(=O)CN1CCCS1(=O)=O)C(=O)O. The lowest BCUT2D eigenvalue weighted by Crippen LogP contribution is -2.41. The van der Waals surface area contributed by atoms with Crippen molar-refractivity contribution >= 4 is 21.9 Å². The van der Waals surface area contributed by atoms with Gasteiger partial charge in [-0.25, -0.2) is 8.42 Å². The predicted molar refractivity (Wildman–Crippen MR) is 90.8 cm³/mol. The number of methoxy groups -OCH3 is 1. The molecule has 0 radical (unpaired) electrons. The van der Waals surface area contributed by atoms with Crippen molar-refractivity contribution in [2.45, 2.75) is 12.8 Å². The Hall–Kier alpha value is -2.13. The monoisotopic (exact) mass is 370 g/mol. The molecule has 0 spiro atoms. The van der Waals surface area contributed by atoms with Gasteiger partial charge in [-0.3, -0.25) is 9.59 Å². The Morgan fingerprint density at radius 2 is 2.08 bits per heavy atom. The fraction of sp³-hybridized carbons (Fsp3) is 0.500. The maximum absolute atomic E-state index is 12.0. The Balaban J connectivity index is 1.93. The van der Waals surface area contributed by atoms with Gasteiger partial charge in [0.15, 0.2) is 0 Å². The van der Waals surface area contributed by atoms with Crippen molar-refractivity contribution in [3.05, 3.63) is 29.8 Å². The van der Waals surface area contributed by atoms with Gasteiger partial charge in [0.2, 0.25) is 15.9 Å². The number of hydrogen-bond acceptors (Lipinski definition) is 5. The highest BCUT2D eigenvalue weighted by Gasteiger charge is 2.30. The van der Waals surface area contributed by atoms with E-state index in [1.165, 1.54) is 7.11 Å². The van der Waals surface area contributed by atoms with Crippen LogP contribution in [0.3, 0.4) is 0 Å². The van der Waals surface area contributed by atoms with Crippen LogP contribution in [0.5, 0.6) is 5.75 Å². The smallest absolute Gasteiger partial charge is 0.308 e. The van der Waals surface area contributed by atoms with E-state index in [0.29, 0.717) is 18.7 Å². The summed E-state index contributed by atoms with van der Waals surface area (Å²) in [5.41, 5.74) is 0.730. The largest absolute Gasteiger partial charge is 0.496 e. The number of carboxylic acid groups (broad SMARTS) is 1. The number of carbonyl (C=O) groups is 2. The van der Waals surface area contributed by atoms with Crippen LogP contribution in [0, 0.1) is 5.92 Å². The molecule has 9 heteroatoms. The first-order valence-electron chi connectivity index (χ1n) is 7.92. The molecular weight excluding hydrogens is 348 g/mol. The van der Waals surface area contributed by atoms with Crippen molar-refractivity contribution in [3.63, 3.8) is 0 Å². The molecule has 0 saturated carbocycles. The summed E-state index contributed by atoms with van der Waals surface area (Å²) in [6, 6.07) is 7.09. The molecule has 1 aromatic rings. The third-order valence-corrected chi connectivity index (χ3v) is 5.98. The predicted octanol–water partition coefficient (Wildman–Crippen LogP) is 0.0902. The summed E-state index contributed by atoms with van der Waals surface area (Å²) in [5.74, 6) is -1.75. The van der Waals surface area contributed by atoms with Crippen molar-refractivity contribution in [3.8, 4) is 5.75 Å². The number of carbonyl (C=O) groups excluding carboxylic acids is 1.